The predicted molar refractivity (Wildman–Crippen MR) is 85.7 cm³/mol. The van der Waals surface area contributed by atoms with Crippen LogP contribution in [-0.4, -0.2) is 17.6 Å². The Bertz CT molecular complexity index is 608. The van der Waals surface area contributed by atoms with Crippen molar-refractivity contribution < 1.29 is 9.90 Å². The molecule has 3 heteroatoms. The Morgan fingerprint density at radius 3 is 2.43 bits per heavy atom. The van der Waals surface area contributed by atoms with E-state index in [1.54, 1.807) is 0 Å². The van der Waals surface area contributed by atoms with Crippen LogP contribution < -0.4 is 4.90 Å². The van der Waals surface area contributed by atoms with E-state index in [2.05, 4.69) is 36.9 Å². The first-order chi connectivity index (χ1) is 10.1. The Kier molecular flexibility index (Phi) is 4.99. The van der Waals surface area contributed by atoms with Crippen LogP contribution in [-0.2, 0) is 11.3 Å². The van der Waals surface area contributed by atoms with E-state index in [0.717, 1.165) is 12.2 Å². The van der Waals surface area contributed by atoms with E-state index in [4.69, 9.17) is 5.11 Å². The van der Waals surface area contributed by atoms with Gasteiger partial charge in [0.2, 0.25) is 0 Å². The fourth-order valence-corrected chi connectivity index (χ4v) is 2.36. The number of rotatable bonds is 6. The maximum atomic E-state index is 10.9. The van der Waals surface area contributed by atoms with Gasteiger partial charge in [-0.25, -0.2) is 0 Å². The Morgan fingerprint density at radius 2 is 1.76 bits per heavy atom. The van der Waals surface area contributed by atoms with E-state index in [1.165, 1.54) is 16.7 Å². The number of hydrogen-bond donors (Lipinski definition) is 1. The van der Waals surface area contributed by atoms with Gasteiger partial charge in [-0.2, -0.15) is 0 Å². The number of carbonyl (C=O) groups is 1. The Morgan fingerprint density at radius 1 is 1.05 bits per heavy atom. The van der Waals surface area contributed by atoms with Crippen LogP contribution in [0.15, 0.2) is 48.5 Å². The van der Waals surface area contributed by atoms with E-state index in [-0.39, 0.29) is 6.42 Å². The lowest BCUT2D eigenvalue weighted by molar-refractivity contribution is -0.136. The number of carboxylic acid groups (broad SMARTS) is 1. The van der Waals surface area contributed by atoms with Crippen LogP contribution in [0.2, 0.25) is 0 Å². The van der Waals surface area contributed by atoms with Crippen molar-refractivity contribution in [3.05, 3.63) is 65.2 Å². The fraction of sp³-hybridized carbons (Fsp3) is 0.278. The van der Waals surface area contributed by atoms with Gasteiger partial charge in [-0.3, -0.25) is 4.79 Å². The molecular weight excluding hydrogens is 262 g/mol. The zero-order valence-electron chi connectivity index (χ0n) is 12.5. The molecule has 1 N–H and O–H groups in total. The fourth-order valence-electron chi connectivity index (χ4n) is 2.36. The molecule has 2 rings (SSSR count). The van der Waals surface area contributed by atoms with Crippen molar-refractivity contribution in [1.29, 1.82) is 0 Å². The normalized spacial score (nSPS) is 10.4. The zero-order valence-corrected chi connectivity index (χ0v) is 12.5. The molecule has 2 aromatic carbocycles. The van der Waals surface area contributed by atoms with E-state index in [0.29, 0.717) is 6.54 Å². The summed E-state index contributed by atoms with van der Waals surface area (Å²) in [5.41, 5.74) is 4.83. The standard InChI is InChI=1S/C18H21NO2/c1-14-7-6-8-16(15(14)2)13-19(12-11-18(20)21)17-9-4-3-5-10-17/h3-10H,11-13H2,1-2H3,(H,20,21). The van der Waals surface area contributed by atoms with Crippen molar-refractivity contribution in [2.75, 3.05) is 11.4 Å². The summed E-state index contributed by atoms with van der Waals surface area (Å²) in [6.07, 6.45) is 0.139. The molecule has 0 amide bonds. The van der Waals surface area contributed by atoms with Gasteiger partial charge in [0.15, 0.2) is 0 Å². The molecule has 0 radical (unpaired) electrons. The van der Waals surface area contributed by atoms with Crippen molar-refractivity contribution in [3.63, 3.8) is 0 Å². The molecule has 0 atom stereocenters. The molecule has 0 saturated heterocycles. The first kappa shape index (κ1) is 15.1. The van der Waals surface area contributed by atoms with Gasteiger partial charge in [-0.1, -0.05) is 36.4 Å². The van der Waals surface area contributed by atoms with Crippen LogP contribution in [0.4, 0.5) is 5.69 Å². The molecule has 3 nitrogen and oxygen atoms in total. The number of hydrogen-bond acceptors (Lipinski definition) is 2. The second kappa shape index (κ2) is 6.93. The summed E-state index contributed by atoms with van der Waals surface area (Å²) in [4.78, 5) is 13.0. The molecule has 0 aliphatic carbocycles. The number of aliphatic carboxylic acids is 1. The highest BCUT2D eigenvalue weighted by atomic mass is 16.4. The molecule has 0 aliphatic rings. The molecule has 2 aromatic rings. The summed E-state index contributed by atoms with van der Waals surface area (Å²) in [5, 5.41) is 8.95. The van der Waals surface area contributed by atoms with Crippen LogP contribution in [0.5, 0.6) is 0 Å². The second-order valence-electron chi connectivity index (χ2n) is 5.26. The van der Waals surface area contributed by atoms with Crippen LogP contribution >= 0.6 is 0 Å². The predicted octanol–water partition coefficient (Wildman–Crippen LogP) is 3.78. The highest BCUT2D eigenvalue weighted by Crippen LogP contribution is 2.20. The molecule has 0 spiro atoms. The average Bonchev–Trinajstić information content (AvgIpc) is 2.48. The third-order valence-corrected chi connectivity index (χ3v) is 3.79. The van der Waals surface area contributed by atoms with Crippen LogP contribution in [0, 0.1) is 13.8 Å². The molecule has 0 unspecified atom stereocenters. The highest BCUT2D eigenvalue weighted by Gasteiger charge is 2.11. The van der Waals surface area contributed by atoms with Crippen LogP contribution in [0.25, 0.3) is 0 Å². The summed E-state index contributed by atoms with van der Waals surface area (Å²) in [5.74, 6) is -0.767. The molecular formula is C18H21NO2. The molecule has 0 fully saturated rings. The number of carboxylic acids is 1. The van der Waals surface area contributed by atoms with Crippen molar-refractivity contribution in [2.45, 2.75) is 26.8 Å². The van der Waals surface area contributed by atoms with Crippen molar-refractivity contribution >= 4 is 11.7 Å². The van der Waals surface area contributed by atoms with Gasteiger partial charge in [-0.15, -0.1) is 0 Å². The molecule has 0 saturated carbocycles. The van der Waals surface area contributed by atoms with E-state index >= 15 is 0 Å². The van der Waals surface area contributed by atoms with Gasteiger partial charge in [0.05, 0.1) is 6.42 Å². The molecule has 0 aliphatic heterocycles. The van der Waals surface area contributed by atoms with Crippen molar-refractivity contribution in [2.24, 2.45) is 0 Å². The second-order valence-corrected chi connectivity index (χ2v) is 5.26. The average molecular weight is 283 g/mol. The smallest absolute Gasteiger partial charge is 0.305 e. The van der Waals surface area contributed by atoms with Gasteiger partial charge >= 0.3 is 5.97 Å². The summed E-state index contributed by atoms with van der Waals surface area (Å²) in [7, 11) is 0. The van der Waals surface area contributed by atoms with Gasteiger partial charge in [0.1, 0.15) is 0 Å². The van der Waals surface area contributed by atoms with E-state index < -0.39 is 5.97 Å². The summed E-state index contributed by atoms with van der Waals surface area (Å²) < 4.78 is 0. The van der Waals surface area contributed by atoms with Crippen molar-refractivity contribution in [3.8, 4) is 0 Å². The molecule has 0 bridgehead atoms. The summed E-state index contributed by atoms with van der Waals surface area (Å²) >= 11 is 0. The van der Waals surface area contributed by atoms with E-state index in [1.807, 2.05) is 30.3 Å². The lowest BCUT2D eigenvalue weighted by atomic mass is 10.0. The third kappa shape index (κ3) is 4.09. The lowest BCUT2D eigenvalue weighted by Crippen LogP contribution is -2.26. The summed E-state index contributed by atoms with van der Waals surface area (Å²) in [6.45, 7) is 5.45. The monoisotopic (exact) mass is 283 g/mol. The Labute approximate surface area is 125 Å². The largest absolute Gasteiger partial charge is 0.481 e. The minimum atomic E-state index is -0.767. The van der Waals surface area contributed by atoms with Gasteiger partial charge < -0.3 is 10.0 Å². The lowest BCUT2D eigenvalue weighted by Gasteiger charge is -2.25. The van der Waals surface area contributed by atoms with Crippen LogP contribution in [0.3, 0.4) is 0 Å². The van der Waals surface area contributed by atoms with Gasteiger partial charge in [-0.05, 0) is 42.7 Å². The van der Waals surface area contributed by atoms with Gasteiger partial charge in [0.25, 0.3) is 0 Å². The molecule has 0 aromatic heterocycles. The van der Waals surface area contributed by atoms with Crippen molar-refractivity contribution in [1.82, 2.24) is 0 Å². The van der Waals surface area contributed by atoms with E-state index in [9.17, 15) is 4.79 Å². The highest BCUT2D eigenvalue weighted by molar-refractivity contribution is 5.67. The maximum absolute atomic E-state index is 10.9. The first-order valence-corrected chi connectivity index (χ1v) is 7.15. The minimum Gasteiger partial charge on any atom is -0.481 e. The number of benzene rings is 2. The third-order valence-electron chi connectivity index (χ3n) is 3.79. The minimum absolute atomic E-state index is 0.139. The number of anilines is 1. The number of aryl methyl sites for hydroxylation is 1. The molecule has 110 valence electrons. The zero-order chi connectivity index (χ0) is 15.2. The summed E-state index contributed by atoms with van der Waals surface area (Å²) in [6, 6.07) is 16.2. The first-order valence-electron chi connectivity index (χ1n) is 7.15. The Hall–Kier alpha value is -2.29. The quantitative estimate of drug-likeness (QED) is 0.877. The number of nitrogens with zero attached hydrogens (tertiary/aromatic N) is 1. The Balaban J connectivity index is 2.23. The SMILES string of the molecule is Cc1cccc(CN(CCC(=O)O)c2ccccc2)c1C. The van der Waals surface area contributed by atoms with Crippen LogP contribution in [0.1, 0.15) is 23.1 Å². The topological polar surface area (TPSA) is 40.5 Å². The molecule has 21 heavy (non-hydrogen) atoms. The maximum Gasteiger partial charge on any atom is 0.305 e. The van der Waals surface area contributed by atoms with Gasteiger partial charge in [0, 0.05) is 18.8 Å². The molecule has 0 heterocycles. The number of para-hydroxylation sites is 1.